The maximum atomic E-state index is 11.2. The molecule has 1 aromatic heterocycles. The molecule has 1 heterocycles. The van der Waals surface area contributed by atoms with Gasteiger partial charge in [-0.1, -0.05) is 6.07 Å². The van der Waals surface area contributed by atoms with Crippen molar-refractivity contribution < 1.29 is 9.53 Å². The predicted octanol–water partition coefficient (Wildman–Crippen LogP) is 1.04. The molecule has 1 rings (SSSR count). The summed E-state index contributed by atoms with van der Waals surface area (Å²) in [5.74, 6) is 0.0301. The second-order valence-electron chi connectivity index (χ2n) is 3.09. The van der Waals surface area contributed by atoms with Crippen LogP contribution in [0.1, 0.15) is 24.9 Å². The fourth-order valence-electron chi connectivity index (χ4n) is 1.25. The highest BCUT2D eigenvalue weighted by molar-refractivity contribution is 5.85. The van der Waals surface area contributed by atoms with Crippen molar-refractivity contribution in [1.29, 1.82) is 0 Å². The minimum atomic E-state index is -0.460. The van der Waals surface area contributed by atoms with Crippen LogP contribution in [0.2, 0.25) is 0 Å². The molecule has 0 fully saturated rings. The summed E-state index contributed by atoms with van der Waals surface area (Å²) < 4.78 is 4.79. The average Bonchev–Trinajstić information content (AvgIpc) is 2.18. The summed E-state index contributed by atoms with van der Waals surface area (Å²) >= 11 is 0. The van der Waals surface area contributed by atoms with Crippen LogP contribution >= 0.6 is 12.4 Å². The molecular formula is C10H16ClN3O2. The van der Waals surface area contributed by atoms with Crippen LogP contribution in [0.15, 0.2) is 18.3 Å². The largest absolute Gasteiger partial charge is 0.466 e. The van der Waals surface area contributed by atoms with E-state index in [0.717, 1.165) is 0 Å². The molecule has 0 aliphatic heterocycles. The van der Waals surface area contributed by atoms with Gasteiger partial charge in [-0.25, -0.2) is 4.98 Å². The molecule has 0 aliphatic carbocycles. The van der Waals surface area contributed by atoms with E-state index in [9.17, 15) is 4.79 Å². The van der Waals surface area contributed by atoms with Gasteiger partial charge < -0.3 is 16.2 Å². The van der Waals surface area contributed by atoms with Crippen LogP contribution < -0.4 is 11.5 Å². The van der Waals surface area contributed by atoms with Gasteiger partial charge in [0.25, 0.3) is 0 Å². The van der Waals surface area contributed by atoms with E-state index in [2.05, 4.69) is 4.98 Å². The van der Waals surface area contributed by atoms with Crippen molar-refractivity contribution in [2.24, 2.45) is 5.73 Å². The van der Waals surface area contributed by atoms with Crippen molar-refractivity contribution in [2.45, 2.75) is 19.4 Å². The minimum absolute atomic E-state index is 0. The lowest BCUT2D eigenvalue weighted by Crippen LogP contribution is -2.18. The first-order chi connectivity index (χ1) is 7.15. The molecule has 90 valence electrons. The van der Waals surface area contributed by atoms with Crippen LogP contribution in [0.25, 0.3) is 0 Å². The Morgan fingerprint density at radius 2 is 2.31 bits per heavy atom. The third kappa shape index (κ3) is 4.04. The summed E-state index contributed by atoms with van der Waals surface area (Å²) in [4.78, 5) is 15.1. The summed E-state index contributed by atoms with van der Waals surface area (Å²) in [6, 6.07) is 3.03. The maximum absolute atomic E-state index is 11.2. The monoisotopic (exact) mass is 245 g/mol. The number of carbonyl (C=O) groups excluding carboxylic acids is 1. The van der Waals surface area contributed by atoms with Crippen molar-refractivity contribution in [3.63, 3.8) is 0 Å². The fourth-order valence-corrected chi connectivity index (χ4v) is 1.25. The van der Waals surface area contributed by atoms with E-state index < -0.39 is 6.04 Å². The number of rotatable bonds is 4. The standard InChI is InChI=1S/C10H15N3O2.ClH/c1-2-15-9(14)6-8(11)7-4-3-5-13-10(7)12;/h3-5,8H,2,6,11H2,1H3,(H2,12,13);1H/t8-;/m0./s1. The predicted molar refractivity (Wildman–Crippen MR) is 64.1 cm³/mol. The lowest BCUT2D eigenvalue weighted by molar-refractivity contribution is -0.143. The van der Waals surface area contributed by atoms with E-state index in [4.69, 9.17) is 16.2 Å². The van der Waals surface area contributed by atoms with Crippen LogP contribution in [-0.2, 0) is 9.53 Å². The van der Waals surface area contributed by atoms with Crippen molar-refractivity contribution in [1.82, 2.24) is 4.98 Å². The van der Waals surface area contributed by atoms with Gasteiger partial charge >= 0.3 is 5.97 Å². The van der Waals surface area contributed by atoms with E-state index in [1.807, 2.05) is 0 Å². The molecule has 0 spiro atoms. The fraction of sp³-hybridized carbons (Fsp3) is 0.400. The number of nitrogens with two attached hydrogens (primary N) is 2. The molecule has 1 atom stereocenters. The Morgan fingerprint density at radius 1 is 1.62 bits per heavy atom. The molecular weight excluding hydrogens is 230 g/mol. The summed E-state index contributed by atoms with van der Waals surface area (Å²) in [6.07, 6.45) is 1.69. The van der Waals surface area contributed by atoms with Gasteiger partial charge in [0, 0.05) is 17.8 Å². The smallest absolute Gasteiger partial charge is 0.307 e. The highest BCUT2D eigenvalue weighted by Crippen LogP contribution is 2.18. The number of halogens is 1. The molecule has 0 aliphatic rings. The first kappa shape index (κ1) is 14.7. The van der Waals surface area contributed by atoms with Crippen molar-refractivity contribution in [3.8, 4) is 0 Å². The Balaban J connectivity index is 0.00000225. The lowest BCUT2D eigenvalue weighted by atomic mass is 10.1. The third-order valence-corrected chi connectivity index (χ3v) is 1.96. The van der Waals surface area contributed by atoms with Crippen molar-refractivity contribution >= 4 is 24.2 Å². The number of aromatic nitrogens is 1. The van der Waals surface area contributed by atoms with Gasteiger partial charge in [0.05, 0.1) is 13.0 Å². The molecule has 0 saturated heterocycles. The summed E-state index contributed by atoms with van der Waals surface area (Å²) in [5, 5.41) is 0. The Bertz CT molecular complexity index is 347. The van der Waals surface area contributed by atoms with Crippen LogP contribution in [0.3, 0.4) is 0 Å². The molecule has 16 heavy (non-hydrogen) atoms. The summed E-state index contributed by atoms with van der Waals surface area (Å²) in [7, 11) is 0. The zero-order valence-electron chi connectivity index (χ0n) is 9.05. The number of hydrogen-bond donors (Lipinski definition) is 2. The van der Waals surface area contributed by atoms with Gasteiger partial charge in [-0.2, -0.15) is 0 Å². The second kappa shape index (κ2) is 7.03. The second-order valence-corrected chi connectivity index (χ2v) is 3.09. The molecule has 6 heteroatoms. The molecule has 0 aromatic carbocycles. The molecule has 0 amide bonds. The van der Waals surface area contributed by atoms with Crippen molar-refractivity contribution in [2.75, 3.05) is 12.3 Å². The Labute approximate surface area is 101 Å². The van der Waals surface area contributed by atoms with Gasteiger partial charge in [0.1, 0.15) is 5.82 Å². The SMILES string of the molecule is CCOC(=O)C[C@H](N)c1cccnc1N.Cl. The van der Waals surface area contributed by atoms with Gasteiger partial charge in [-0.05, 0) is 13.0 Å². The highest BCUT2D eigenvalue weighted by atomic mass is 35.5. The van der Waals surface area contributed by atoms with Gasteiger partial charge in [0.2, 0.25) is 0 Å². The number of esters is 1. The van der Waals surface area contributed by atoms with Gasteiger partial charge in [-0.15, -0.1) is 12.4 Å². The topological polar surface area (TPSA) is 91.2 Å². The van der Waals surface area contributed by atoms with Gasteiger partial charge in [-0.3, -0.25) is 4.79 Å². The normalized spacial score (nSPS) is 11.4. The Morgan fingerprint density at radius 3 is 2.88 bits per heavy atom. The highest BCUT2D eigenvalue weighted by Gasteiger charge is 2.14. The molecule has 0 saturated carbocycles. The van der Waals surface area contributed by atoms with E-state index >= 15 is 0 Å². The first-order valence-electron chi connectivity index (χ1n) is 4.76. The zero-order chi connectivity index (χ0) is 11.3. The molecule has 5 nitrogen and oxygen atoms in total. The Kier molecular flexibility index (Phi) is 6.44. The molecule has 1 aromatic rings. The van der Waals surface area contributed by atoms with Gasteiger partial charge in [0.15, 0.2) is 0 Å². The zero-order valence-corrected chi connectivity index (χ0v) is 9.87. The first-order valence-corrected chi connectivity index (χ1v) is 4.76. The minimum Gasteiger partial charge on any atom is -0.466 e. The lowest BCUT2D eigenvalue weighted by Gasteiger charge is -2.12. The summed E-state index contributed by atoms with van der Waals surface area (Å²) in [5.41, 5.74) is 12.1. The van der Waals surface area contributed by atoms with Crippen LogP contribution in [0, 0.1) is 0 Å². The summed E-state index contributed by atoms with van der Waals surface area (Å²) in [6.45, 7) is 2.11. The van der Waals surface area contributed by atoms with E-state index in [1.54, 1.807) is 25.3 Å². The third-order valence-electron chi connectivity index (χ3n) is 1.96. The van der Waals surface area contributed by atoms with Crippen LogP contribution in [-0.4, -0.2) is 17.6 Å². The number of ether oxygens (including phenoxy) is 1. The Hall–Kier alpha value is -1.33. The number of nitrogen functional groups attached to an aromatic ring is 1. The van der Waals surface area contributed by atoms with Crippen molar-refractivity contribution in [3.05, 3.63) is 23.9 Å². The van der Waals surface area contributed by atoms with E-state index in [0.29, 0.717) is 18.0 Å². The number of nitrogens with zero attached hydrogens (tertiary/aromatic N) is 1. The molecule has 0 unspecified atom stereocenters. The maximum Gasteiger partial charge on any atom is 0.307 e. The number of anilines is 1. The number of hydrogen-bond acceptors (Lipinski definition) is 5. The number of pyridine rings is 1. The van der Waals surface area contributed by atoms with E-state index in [1.165, 1.54) is 0 Å². The molecule has 0 radical (unpaired) electrons. The average molecular weight is 246 g/mol. The van der Waals surface area contributed by atoms with E-state index in [-0.39, 0.29) is 24.8 Å². The number of carbonyl (C=O) groups is 1. The quantitative estimate of drug-likeness (QED) is 0.774. The van der Waals surface area contributed by atoms with Crippen LogP contribution in [0.5, 0.6) is 0 Å². The van der Waals surface area contributed by atoms with Crippen LogP contribution in [0.4, 0.5) is 5.82 Å². The molecule has 0 bridgehead atoms. The molecule has 4 N–H and O–H groups in total.